The fourth-order valence-corrected chi connectivity index (χ4v) is 2.71. The normalized spacial score (nSPS) is 20.5. The van der Waals surface area contributed by atoms with Crippen molar-refractivity contribution in [3.05, 3.63) is 34.4 Å². The molecule has 0 fully saturated rings. The van der Waals surface area contributed by atoms with E-state index in [4.69, 9.17) is 0 Å². The summed E-state index contributed by atoms with van der Waals surface area (Å²) in [5, 5.41) is 3.63. The zero-order valence-corrected chi connectivity index (χ0v) is 10.2. The number of fused-ring (bicyclic) bond motifs is 1. The van der Waals surface area contributed by atoms with E-state index in [9.17, 15) is 0 Å². The van der Waals surface area contributed by atoms with Gasteiger partial charge < -0.3 is 5.32 Å². The van der Waals surface area contributed by atoms with Crippen LogP contribution in [0.5, 0.6) is 0 Å². The van der Waals surface area contributed by atoms with Crippen molar-refractivity contribution in [1.29, 1.82) is 0 Å². The maximum atomic E-state index is 3.63. The number of hydrogen-bond acceptors (Lipinski definition) is 1. The van der Waals surface area contributed by atoms with Gasteiger partial charge in [0.05, 0.1) is 0 Å². The van der Waals surface area contributed by atoms with Crippen LogP contribution in [0.4, 0.5) is 0 Å². The van der Waals surface area contributed by atoms with E-state index in [1.165, 1.54) is 23.1 Å². The second-order valence-corrected chi connectivity index (χ2v) is 5.08. The predicted molar refractivity (Wildman–Crippen MR) is 65.2 cm³/mol. The number of nitrogens with one attached hydrogen (secondary N) is 1. The summed E-state index contributed by atoms with van der Waals surface area (Å²) in [5.41, 5.74) is 5.98. The van der Waals surface area contributed by atoms with Crippen molar-refractivity contribution < 1.29 is 0 Å². The molecule has 1 nitrogen and oxygen atoms in total. The van der Waals surface area contributed by atoms with Gasteiger partial charge in [-0.3, -0.25) is 0 Å². The number of aryl methyl sites for hydroxylation is 2. The van der Waals surface area contributed by atoms with Crippen molar-refractivity contribution in [1.82, 2.24) is 5.32 Å². The lowest BCUT2D eigenvalue weighted by Crippen LogP contribution is -2.33. The van der Waals surface area contributed by atoms with Gasteiger partial charge in [0.25, 0.3) is 0 Å². The van der Waals surface area contributed by atoms with Crippen LogP contribution in [0.25, 0.3) is 0 Å². The summed E-state index contributed by atoms with van der Waals surface area (Å²) in [5.74, 6) is 0.672. The molecule has 0 radical (unpaired) electrons. The highest BCUT2D eigenvalue weighted by Gasteiger charge is 2.23. The number of rotatable bonds is 1. The smallest absolute Gasteiger partial charge is 0.0346 e. The molecule has 2 rings (SSSR count). The maximum absolute atomic E-state index is 3.63. The van der Waals surface area contributed by atoms with E-state index >= 15 is 0 Å². The Labute approximate surface area is 92.9 Å². The van der Waals surface area contributed by atoms with Gasteiger partial charge >= 0.3 is 0 Å². The Hall–Kier alpha value is -0.820. The van der Waals surface area contributed by atoms with Crippen LogP contribution in [0.1, 0.15) is 42.1 Å². The van der Waals surface area contributed by atoms with Crippen molar-refractivity contribution in [2.45, 2.75) is 40.2 Å². The minimum atomic E-state index is 0.548. The topological polar surface area (TPSA) is 12.0 Å². The molecule has 1 heterocycles. The highest BCUT2D eigenvalue weighted by molar-refractivity contribution is 5.41. The van der Waals surface area contributed by atoms with E-state index in [-0.39, 0.29) is 0 Å². The van der Waals surface area contributed by atoms with Crippen LogP contribution in [0.15, 0.2) is 12.1 Å². The van der Waals surface area contributed by atoms with E-state index in [0.29, 0.717) is 12.0 Å². The average Bonchev–Trinajstić information content (AvgIpc) is 2.16. The standard InChI is InChI=1S/C14H21N/c1-9(2)14-13-8-10(3)7-11(4)12(13)5-6-15-14/h7-9,14-15H,5-6H2,1-4H3. The third-order valence-corrected chi connectivity index (χ3v) is 3.39. The zero-order chi connectivity index (χ0) is 11.0. The Balaban J connectivity index is 2.50. The van der Waals surface area contributed by atoms with Gasteiger partial charge in [-0.05, 0) is 49.4 Å². The third-order valence-electron chi connectivity index (χ3n) is 3.39. The molecule has 1 aromatic carbocycles. The van der Waals surface area contributed by atoms with Crippen molar-refractivity contribution in [3.63, 3.8) is 0 Å². The quantitative estimate of drug-likeness (QED) is 0.739. The van der Waals surface area contributed by atoms with Crippen LogP contribution in [0, 0.1) is 19.8 Å². The summed E-state index contributed by atoms with van der Waals surface area (Å²) >= 11 is 0. The lowest BCUT2D eigenvalue weighted by molar-refractivity contribution is 0.394. The second kappa shape index (κ2) is 3.97. The molecule has 1 N–H and O–H groups in total. The molecule has 82 valence electrons. The minimum Gasteiger partial charge on any atom is -0.309 e. The summed E-state index contributed by atoms with van der Waals surface area (Å²) in [6.07, 6.45) is 1.19. The van der Waals surface area contributed by atoms with Gasteiger partial charge in [0, 0.05) is 6.04 Å². The van der Waals surface area contributed by atoms with Crippen LogP contribution in [-0.4, -0.2) is 6.54 Å². The van der Waals surface area contributed by atoms with E-state index in [1.54, 1.807) is 5.56 Å². The third kappa shape index (κ3) is 1.93. The molecule has 0 bridgehead atoms. The van der Waals surface area contributed by atoms with Gasteiger partial charge in [0.15, 0.2) is 0 Å². The Bertz CT molecular complexity index is 366. The average molecular weight is 203 g/mol. The van der Waals surface area contributed by atoms with Crippen LogP contribution in [0.2, 0.25) is 0 Å². The molecule has 0 spiro atoms. The monoisotopic (exact) mass is 203 g/mol. The van der Waals surface area contributed by atoms with Crippen LogP contribution in [-0.2, 0) is 6.42 Å². The highest BCUT2D eigenvalue weighted by Crippen LogP contribution is 2.31. The first kappa shape index (κ1) is 10.7. The Morgan fingerprint density at radius 3 is 2.67 bits per heavy atom. The first-order valence-electron chi connectivity index (χ1n) is 5.93. The van der Waals surface area contributed by atoms with Crippen LogP contribution < -0.4 is 5.32 Å². The first-order chi connectivity index (χ1) is 7.09. The van der Waals surface area contributed by atoms with Crippen molar-refractivity contribution in [3.8, 4) is 0 Å². The molecule has 0 aliphatic carbocycles. The van der Waals surface area contributed by atoms with Gasteiger partial charge in [-0.2, -0.15) is 0 Å². The van der Waals surface area contributed by atoms with E-state index in [0.717, 1.165) is 6.54 Å². The zero-order valence-electron chi connectivity index (χ0n) is 10.2. The summed E-state index contributed by atoms with van der Waals surface area (Å²) in [7, 11) is 0. The SMILES string of the molecule is Cc1cc(C)c2c(c1)C(C(C)C)NCC2. The Morgan fingerprint density at radius 1 is 1.27 bits per heavy atom. The largest absolute Gasteiger partial charge is 0.309 e. The van der Waals surface area contributed by atoms with Crippen LogP contribution in [0.3, 0.4) is 0 Å². The number of benzene rings is 1. The molecule has 0 saturated carbocycles. The Kier molecular flexibility index (Phi) is 2.83. The molecule has 1 aromatic rings. The second-order valence-electron chi connectivity index (χ2n) is 5.08. The van der Waals surface area contributed by atoms with Gasteiger partial charge in [-0.1, -0.05) is 31.5 Å². The van der Waals surface area contributed by atoms with Crippen LogP contribution >= 0.6 is 0 Å². The van der Waals surface area contributed by atoms with Gasteiger partial charge in [-0.25, -0.2) is 0 Å². The van der Waals surface area contributed by atoms with E-state index < -0.39 is 0 Å². The Morgan fingerprint density at radius 2 is 2.00 bits per heavy atom. The molecular formula is C14H21N. The summed E-state index contributed by atoms with van der Waals surface area (Å²) in [6.45, 7) is 10.2. The molecule has 0 aromatic heterocycles. The molecule has 1 aliphatic heterocycles. The van der Waals surface area contributed by atoms with Gasteiger partial charge in [0.1, 0.15) is 0 Å². The molecule has 1 heteroatoms. The fourth-order valence-electron chi connectivity index (χ4n) is 2.71. The lowest BCUT2D eigenvalue weighted by Gasteiger charge is -2.31. The van der Waals surface area contributed by atoms with E-state index in [1.807, 2.05) is 0 Å². The van der Waals surface area contributed by atoms with Crippen molar-refractivity contribution in [2.75, 3.05) is 6.54 Å². The highest BCUT2D eigenvalue weighted by atomic mass is 14.9. The molecule has 0 amide bonds. The molecule has 1 aliphatic rings. The molecule has 0 saturated heterocycles. The summed E-state index contributed by atoms with van der Waals surface area (Å²) in [6, 6.07) is 5.22. The molecule has 1 unspecified atom stereocenters. The maximum Gasteiger partial charge on any atom is 0.0346 e. The lowest BCUT2D eigenvalue weighted by atomic mass is 9.85. The predicted octanol–water partition coefficient (Wildman–Crippen LogP) is 3.15. The summed E-state index contributed by atoms with van der Waals surface area (Å²) < 4.78 is 0. The number of hydrogen-bond donors (Lipinski definition) is 1. The molecular weight excluding hydrogens is 182 g/mol. The summed E-state index contributed by atoms with van der Waals surface area (Å²) in [4.78, 5) is 0. The fraction of sp³-hybridized carbons (Fsp3) is 0.571. The molecule has 15 heavy (non-hydrogen) atoms. The van der Waals surface area contributed by atoms with E-state index in [2.05, 4.69) is 45.1 Å². The van der Waals surface area contributed by atoms with Gasteiger partial charge in [0.2, 0.25) is 0 Å². The first-order valence-corrected chi connectivity index (χ1v) is 5.93. The molecule has 1 atom stereocenters. The van der Waals surface area contributed by atoms with Gasteiger partial charge in [-0.15, -0.1) is 0 Å². The van der Waals surface area contributed by atoms with Crippen molar-refractivity contribution >= 4 is 0 Å². The minimum absolute atomic E-state index is 0.548. The van der Waals surface area contributed by atoms with Crippen molar-refractivity contribution in [2.24, 2.45) is 5.92 Å².